The third-order valence-corrected chi connectivity index (χ3v) is 2.06. The lowest BCUT2D eigenvalue weighted by molar-refractivity contribution is 0.457. The van der Waals surface area contributed by atoms with Crippen molar-refractivity contribution in [2.75, 3.05) is 0 Å². The van der Waals surface area contributed by atoms with Gasteiger partial charge in [0.15, 0.2) is 0 Å². The fraction of sp³-hybridized carbons (Fsp3) is 0.667. The molecule has 0 aromatic rings. The van der Waals surface area contributed by atoms with Crippen LogP contribution in [0.5, 0.6) is 0 Å². The summed E-state index contributed by atoms with van der Waals surface area (Å²) in [7, 11) is 0. The van der Waals surface area contributed by atoms with E-state index in [1.807, 2.05) is 0 Å². The molecular weight excluding hydrogens is 72.1 g/mol. The van der Waals surface area contributed by atoms with Gasteiger partial charge < -0.3 is 0 Å². The Hall–Kier alpha value is -0.260. The fourth-order valence-corrected chi connectivity index (χ4v) is 1.16. The van der Waals surface area contributed by atoms with Gasteiger partial charge in [-0.3, -0.25) is 0 Å². The van der Waals surface area contributed by atoms with Crippen LogP contribution in [-0.4, -0.2) is 0 Å². The largest absolute Gasteiger partial charge is 0.0745 e. The molecule has 0 radical (unpaired) electrons. The predicted molar refractivity (Wildman–Crippen MR) is 25.4 cm³/mol. The van der Waals surface area contributed by atoms with E-state index in [1.165, 1.54) is 12.8 Å². The van der Waals surface area contributed by atoms with Crippen LogP contribution >= 0.6 is 0 Å². The SMILES string of the molecule is CC12C=C1CC2. The highest BCUT2D eigenvalue weighted by Gasteiger charge is 2.46. The smallest absolute Gasteiger partial charge is 0.00688 e. The van der Waals surface area contributed by atoms with Gasteiger partial charge in [-0.2, -0.15) is 0 Å². The predicted octanol–water partition coefficient (Wildman–Crippen LogP) is 1.73. The molecule has 0 heteroatoms. The van der Waals surface area contributed by atoms with Gasteiger partial charge in [-0.05, 0) is 12.8 Å². The summed E-state index contributed by atoms with van der Waals surface area (Å²) in [5.74, 6) is 0. The molecule has 0 bridgehead atoms. The first-order chi connectivity index (χ1) is 2.81. The third-order valence-electron chi connectivity index (χ3n) is 2.06. The minimum Gasteiger partial charge on any atom is -0.0745 e. The first-order valence-electron chi connectivity index (χ1n) is 2.53. The summed E-state index contributed by atoms with van der Waals surface area (Å²) in [6.45, 7) is 2.31. The monoisotopic (exact) mass is 80.1 g/mol. The maximum absolute atomic E-state index is 2.38. The van der Waals surface area contributed by atoms with Crippen molar-refractivity contribution in [3.63, 3.8) is 0 Å². The van der Waals surface area contributed by atoms with Crippen molar-refractivity contribution in [3.05, 3.63) is 11.6 Å². The van der Waals surface area contributed by atoms with Gasteiger partial charge in [-0.15, -0.1) is 0 Å². The molecule has 0 aromatic heterocycles. The van der Waals surface area contributed by atoms with Crippen LogP contribution in [0.15, 0.2) is 11.6 Å². The Bertz CT molecular complexity index is 122. The number of rotatable bonds is 0. The zero-order chi connectivity index (χ0) is 4.20. The Morgan fingerprint density at radius 1 is 1.83 bits per heavy atom. The average Bonchev–Trinajstić information content (AvgIpc) is 1.88. The van der Waals surface area contributed by atoms with Crippen molar-refractivity contribution < 1.29 is 0 Å². The molecule has 0 amide bonds. The van der Waals surface area contributed by atoms with Crippen LogP contribution in [0, 0.1) is 5.41 Å². The number of fused-ring (bicyclic) bond motifs is 1. The van der Waals surface area contributed by atoms with E-state index in [-0.39, 0.29) is 0 Å². The molecule has 0 spiro atoms. The lowest BCUT2D eigenvalue weighted by Gasteiger charge is -2.19. The molecular formula is C6H8. The molecule has 0 N–H and O–H groups in total. The fourth-order valence-electron chi connectivity index (χ4n) is 1.16. The normalized spacial score (nSPS) is 49.2. The van der Waals surface area contributed by atoms with Crippen LogP contribution in [0.3, 0.4) is 0 Å². The van der Waals surface area contributed by atoms with Crippen LogP contribution in [0.2, 0.25) is 0 Å². The van der Waals surface area contributed by atoms with Gasteiger partial charge in [0.1, 0.15) is 0 Å². The highest BCUT2D eigenvalue weighted by molar-refractivity contribution is 5.44. The minimum atomic E-state index is 0.681. The molecule has 6 heavy (non-hydrogen) atoms. The minimum absolute atomic E-state index is 0.681. The van der Waals surface area contributed by atoms with Gasteiger partial charge in [0, 0.05) is 5.41 Å². The van der Waals surface area contributed by atoms with E-state index in [4.69, 9.17) is 0 Å². The summed E-state index contributed by atoms with van der Waals surface area (Å²) in [5.41, 5.74) is 2.39. The summed E-state index contributed by atoms with van der Waals surface area (Å²) in [6.07, 6.45) is 5.21. The molecule has 0 aliphatic heterocycles. The van der Waals surface area contributed by atoms with Crippen molar-refractivity contribution in [1.29, 1.82) is 0 Å². The number of hydrogen-bond donors (Lipinski definition) is 0. The second-order valence-electron chi connectivity index (χ2n) is 2.59. The van der Waals surface area contributed by atoms with Crippen molar-refractivity contribution in [2.45, 2.75) is 19.8 Å². The zero-order valence-electron chi connectivity index (χ0n) is 3.99. The van der Waals surface area contributed by atoms with E-state index in [2.05, 4.69) is 13.0 Å². The topological polar surface area (TPSA) is 0 Å². The zero-order valence-corrected chi connectivity index (χ0v) is 3.99. The lowest BCUT2D eigenvalue weighted by Crippen LogP contribution is -2.07. The van der Waals surface area contributed by atoms with Gasteiger partial charge in [-0.25, -0.2) is 0 Å². The molecule has 1 atom stereocenters. The summed E-state index contributed by atoms with van der Waals surface area (Å²) < 4.78 is 0. The first kappa shape index (κ1) is 2.84. The van der Waals surface area contributed by atoms with E-state index in [1.54, 1.807) is 5.57 Å². The standard InChI is InChI=1S/C6H8/c1-6-3-2-5(6)4-6/h4H,2-3H2,1H3. The summed E-state index contributed by atoms with van der Waals surface area (Å²) >= 11 is 0. The van der Waals surface area contributed by atoms with E-state index in [0.29, 0.717) is 5.41 Å². The van der Waals surface area contributed by atoms with Gasteiger partial charge in [0.25, 0.3) is 0 Å². The van der Waals surface area contributed by atoms with E-state index >= 15 is 0 Å². The van der Waals surface area contributed by atoms with Gasteiger partial charge in [-0.1, -0.05) is 18.6 Å². The molecule has 32 valence electrons. The maximum Gasteiger partial charge on any atom is 0.00688 e. The van der Waals surface area contributed by atoms with Gasteiger partial charge >= 0.3 is 0 Å². The Labute approximate surface area is 37.9 Å². The van der Waals surface area contributed by atoms with Crippen LogP contribution < -0.4 is 0 Å². The molecule has 0 aromatic carbocycles. The highest BCUT2D eigenvalue weighted by Crippen LogP contribution is 2.59. The first-order valence-corrected chi connectivity index (χ1v) is 2.53. The molecule has 2 rings (SSSR count). The quantitative estimate of drug-likeness (QED) is 0.389. The van der Waals surface area contributed by atoms with Crippen molar-refractivity contribution in [1.82, 2.24) is 0 Å². The van der Waals surface area contributed by atoms with Crippen LogP contribution in [0.1, 0.15) is 19.8 Å². The molecule has 1 saturated carbocycles. The second kappa shape index (κ2) is 0.481. The van der Waals surface area contributed by atoms with E-state index in [0.717, 1.165) is 0 Å². The average molecular weight is 80.1 g/mol. The molecule has 0 heterocycles. The Balaban J connectivity index is 2.31. The number of allylic oxidation sites excluding steroid dienone is 2. The van der Waals surface area contributed by atoms with Crippen LogP contribution in [0.4, 0.5) is 0 Å². The van der Waals surface area contributed by atoms with Gasteiger partial charge in [0.05, 0.1) is 0 Å². The third kappa shape index (κ3) is 0.129. The molecule has 0 saturated heterocycles. The molecule has 0 nitrogen and oxygen atoms in total. The highest BCUT2D eigenvalue weighted by atomic mass is 14.5. The van der Waals surface area contributed by atoms with Crippen LogP contribution in [-0.2, 0) is 0 Å². The Kier molecular flexibility index (Phi) is 0.228. The maximum atomic E-state index is 2.38. The summed E-state index contributed by atoms with van der Waals surface area (Å²) in [5, 5.41) is 0. The Morgan fingerprint density at radius 3 is 2.50 bits per heavy atom. The molecule has 2 aliphatic carbocycles. The second-order valence-corrected chi connectivity index (χ2v) is 2.59. The van der Waals surface area contributed by atoms with Crippen molar-refractivity contribution in [3.8, 4) is 0 Å². The van der Waals surface area contributed by atoms with Crippen molar-refractivity contribution in [2.24, 2.45) is 5.41 Å². The molecule has 1 fully saturated rings. The summed E-state index contributed by atoms with van der Waals surface area (Å²) in [4.78, 5) is 0. The van der Waals surface area contributed by atoms with E-state index < -0.39 is 0 Å². The van der Waals surface area contributed by atoms with Crippen LogP contribution in [0.25, 0.3) is 0 Å². The van der Waals surface area contributed by atoms with Gasteiger partial charge in [0.2, 0.25) is 0 Å². The van der Waals surface area contributed by atoms with E-state index in [9.17, 15) is 0 Å². The summed E-state index contributed by atoms with van der Waals surface area (Å²) in [6, 6.07) is 0. The molecule has 1 unspecified atom stereocenters. The van der Waals surface area contributed by atoms with Crippen molar-refractivity contribution >= 4 is 0 Å². The molecule has 2 aliphatic rings. The number of hydrogen-bond acceptors (Lipinski definition) is 0. The Morgan fingerprint density at radius 2 is 2.50 bits per heavy atom. The lowest BCUT2D eigenvalue weighted by atomic mass is 9.84.